The molecular formula is C9H8ClFNO2S-. The summed E-state index contributed by atoms with van der Waals surface area (Å²) in [4.78, 5) is 0. The number of hydrogen-bond acceptors (Lipinski definition) is 2. The van der Waals surface area contributed by atoms with Gasteiger partial charge in [0.05, 0.1) is 0 Å². The fourth-order valence-electron chi connectivity index (χ4n) is 1.91. The van der Waals surface area contributed by atoms with E-state index in [0.29, 0.717) is 18.4 Å². The first-order valence-electron chi connectivity index (χ1n) is 4.41. The molecule has 6 heteroatoms. The second-order valence-electron chi connectivity index (χ2n) is 3.40. The molecular weight excluding hydrogens is 241 g/mol. The van der Waals surface area contributed by atoms with Crippen molar-refractivity contribution >= 4 is 22.9 Å². The third kappa shape index (κ3) is 2.20. The van der Waals surface area contributed by atoms with E-state index < -0.39 is 11.3 Å². The normalized spacial score (nSPS) is 21.4. The van der Waals surface area contributed by atoms with E-state index in [2.05, 4.69) is 4.72 Å². The zero-order valence-corrected chi connectivity index (χ0v) is 9.20. The minimum Gasteiger partial charge on any atom is -0.760 e. The highest BCUT2D eigenvalue weighted by molar-refractivity contribution is 7.77. The fraction of sp³-hybridized carbons (Fsp3) is 0.333. The molecule has 2 rings (SSSR count). The molecule has 0 radical (unpaired) electrons. The van der Waals surface area contributed by atoms with Crippen LogP contribution in [0.4, 0.5) is 4.39 Å². The van der Waals surface area contributed by atoms with Crippen molar-refractivity contribution in [3.05, 3.63) is 34.1 Å². The van der Waals surface area contributed by atoms with Crippen LogP contribution in [0, 0.1) is 5.82 Å². The molecule has 0 bridgehead atoms. The van der Waals surface area contributed by atoms with Gasteiger partial charge in [-0.25, -0.2) is 9.11 Å². The molecule has 0 heterocycles. The van der Waals surface area contributed by atoms with Crippen molar-refractivity contribution in [1.29, 1.82) is 0 Å². The maximum atomic E-state index is 13.0. The minimum atomic E-state index is -2.33. The Morgan fingerprint density at radius 1 is 1.60 bits per heavy atom. The Morgan fingerprint density at radius 2 is 2.33 bits per heavy atom. The molecule has 1 aromatic rings. The first-order chi connectivity index (χ1) is 7.08. The predicted molar refractivity (Wildman–Crippen MR) is 54.5 cm³/mol. The van der Waals surface area contributed by atoms with E-state index in [1.165, 1.54) is 12.1 Å². The van der Waals surface area contributed by atoms with E-state index in [1.807, 2.05) is 0 Å². The molecule has 2 atom stereocenters. The molecule has 1 unspecified atom stereocenters. The number of halogens is 2. The average Bonchev–Trinajstić information content (AvgIpc) is 2.46. The standard InChI is InChI=1S/C9H9ClFNO2S/c10-7-4-6(11)3-5-1-2-8(9(5)7)12-15(13)14/h3-4,8,12H,1-2H2,(H,13,14)/p-1/t8-/m0/s1. The quantitative estimate of drug-likeness (QED) is 0.812. The van der Waals surface area contributed by atoms with Gasteiger partial charge in [0.15, 0.2) is 0 Å². The van der Waals surface area contributed by atoms with Crippen molar-refractivity contribution < 1.29 is 13.2 Å². The first kappa shape index (κ1) is 11.0. The van der Waals surface area contributed by atoms with Crippen LogP contribution in [0.5, 0.6) is 0 Å². The van der Waals surface area contributed by atoms with Crippen LogP contribution in [-0.2, 0) is 17.7 Å². The predicted octanol–water partition coefficient (Wildman–Crippen LogP) is 1.85. The van der Waals surface area contributed by atoms with Gasteiger partial charge in [-0.1, -0.05) is 11.6 Å². The smallest absolute Gasteiger partial charge is 0.124 e. The van der Waals surface area contributed by atoms with Gasteiger partial charge < -0.3 is 4.55 Å². The summed E-state index contributed by atoms with van der Waals surface area (Å²) in [6.45, 7) is 0. The van der Waals surface area contributed by atoms with E-state index in [-0.39, 0.29) is 16.9 Å². The molecule has 1 aromatic carbocycles. The van der Waals surface area contributed by atoms with Crippen LogP contribution in [0.1, 0.15) is 23.6 Å². The summed E-state index contributed by atoms with van der Waals surface area (Å²) in [5.74, 6) is -0.386. The topological polar surface area (TPSA) is 52.2 Å². The summed E-state index contributed by atoms with van der Waals surface area (Å²) < 4.78 is 36.4. The SMILES string of the molecule is O=S([O-])N[C@H]1CCc2cc(F)cc(Cl)c21. The van der Waals surface area contributed by atoms with Crippen LogP contribution in [0.15, 0.2) is 12.1 Å². The molecule has 1 aliphatic rings. The van der Waals surface area contributed by atoms with Gasteiger partial charge in [0.2, 0.25) is 0 Å². The summed E-state index contributed by atoms with van der Waals surface area (Å²) in [5, 5.41) is 0.283. The van der Waals surface area contributed by atoms with Gasteiger partial charge in [-0.05, 0) is 36.1 Å². The van der Waals surface area contributed by atoms with Crippen molar-refractivity contribution in [2.45, 2.75) is 18.9 Å². The van der Waals surface area contributed by atoms with Crippen LogP contribution in [0.25, 0.3) is 0 Å². The van der Waals surface area contributed by atoms with Crippen molar-refractivity contribution in [1.82, 2.24) is 4.72 Å². The Bertz CT molecular complexity index is 427. The first-order valence-corrected chi connectivity index (χ1v) is 5.86. The highest BCUT2D eigenvalue weighted by Crippen LogP contribution is 2.37. The third-order valence-electron chi connectivity index (χ3n) is 2.47. The highest BCUT2D eigenvalue weighted by atomic mass is 35.5. The second-order valence-corrected chi connectivity index (χ2v) is 4.52. The van der Waals surface area contributed by atoms with Crippen molar-refractivity contribution in [3.63, 3.8) is 0 Å². The Labute approximate surface area is 94.1 Å². The largest absolute Gasteiger partial charge is 0.760 e. The van der Waals surface area contributed by atoms with Crippen LogP contribution in [0.3, 0.4) is 0 Å². The molecule has 0 aliphatic heterocycles. The van der Waals surface area contributed by atoms with Crippen molar-refractivity contribution in [2.24, 2.45) is 0 Å². The maximum absolute atomic E-state index is 13.0. The van der Waals surface area contributed by atoms with E-state index >= 15 is 0 Å². The molecule has 1 aliphatic carbocycles. The van der Waals surface area contributed by atoms with Gasteiger partial charge in [-0.2, -0.15) is 0 Å². The summed E-state index contributed by atoms with van der Waals surface area (Å²) in [5.41, 5.74) is 1.48. The zero-order chi connectivity index (χ0) is 11.0. The molecule has 0 saturated heterocycles. The number of aryl methyl sites for hydroxylation is 1. The molecule has 0 aromatic heterocycles. The molecule has 0 saturated carbocycles. The molecule has 82 valence electrons. The second kappa shape index (κ2) is 4.17. The van der Waals surface area contributed by atoms with Crippen molar-refractivity contribution in [3.8, 4) is 0 Å². The molecule has 0 spiro atoms. The minimum absolute atomic E-state index is 0.283. The Morgan fingerprint density at radius 3 is 3.00 bits per heavy atom. The van der Waals surface area contributed by atoms with Gasteiger partial charge >= 0.3 is 0 Å². The van der Waals surface area contributed by atoms with Crippen LogP contribution >= 0.6 is 11.6 Å². The zero-order valence-electron chi connectivity index (χ0n) is 7.63. The molecule has 3 nitrogen and oxygen atoms in total. The van der Waals surface area contributed by atoms with Crippen LogP contribution in [0.2, 0.25) is 5.02 Å². The molecule has 0 fully saturated rings. The number of nitrogens with one attached hydrogen (secondary N) is 1. The summed E-state index contributed by atoms with van der Waals surface area (Å²) >= 11 is 3.54. The van der Waals surface area contributed by atoms with Gasteiger partial charge in [-0.15, -0.1) is 0 Å². The summed E-state index contributed by atoms with van der Waals surface area (Å²) in [6, 6.07) is 2.27. The molecule has 1 N–H and O–H groups in total. The van der Waals surface area contributed by atoms with Crippen LogP contribution < -0.4 is 4.72 Å². The van der Waals surface area contributed by atoms with Gasteiger partial charge in [-0.3, -0.25) is 4.21 Å². The summed E-state index contributed by atoms with van der Waals surface area (Å²) in [7, 11) is 0. The van der Waals surface area contributed by atoms with Crippen molar-refractivity contribution in [2.75, 3.05) is 0 Å². The van der Waals surface area contributed by atoms with Gasteiger partial charge in [0.1, 0.15) is 5.82 Å². The fourth-order valence-corrected chi connectivity index (χ4v) is 2.74. The lowest BCUT2D eigenvalue weighted by Crippen LogP contribution is -2.21. The molecule has 15 heavy (non-hydrogen) atoms. The van der Waals surface area contributed by atoms with E-state index in [9.17, 15) is 13.2 Å². The monoisotopic (exact) mass is 248 g/mol. The van der Waals surface area contributed by atoms with E-state index in [0.717, 1.165) is 5.56 Å². The maximum Gasteiger partial charge on any atom is 0.124 e. The average molecular weight is 249 g/mol. The Kier molecular flexibility index (Phi) is 3.06. The Hall–Kier alpha value is -0.490. The molecule has 0 amide bonds. The number of rotatable bonds is 2. The lowest BCUT2D eigenvalue weighted by atomic mass is 10.1. The number of hydrogen-bond donors (Lipinski definition) is 1. The highest BCUT2D eigenvalue weighted by Gasteiger charge is 2.25. The lowest BCUT2D eigenvalue weighted by molar-refractivity contribution is 0.504. The van der Waals surface area contributed by atoms with E-state index in [1.54, 1.807) is 0 Å². The van der Waals surface area contributed by atoms with Gasteiger partial charge in [0, 0.05) is 22.3 Å². The number of fused-ring (bicyclic) bond motifs is 1. The summed E-state index contributed by atoms with van der Waals surface area (Å²) in [6.07, 6.45) is 1.26. The Balaban J connectivity index is 2.37. The van der Waals surface area contributed by atoms with Gasteiger partial charge in [0.25, 0.3) is 0 Å². The third-order valence-corrected chi connectivity index (χ3v) is 3.26. The van der Waals surface area contributed by atoms with Crippen LogP contribution in [-0.4, -0.2) is 8.76 Å². The lowest BCUT2D eigenvalue weighted by Gasteiger charge is -2.16. The van der Waals surface area contributed by atoms with E-state index in [4.69, 9.17) is 11.6 Å². The number of benzene rings is 1.